The van der Waals surface area contributed by atoms with Gasteiger partial charge in [0, 0.05) is 19.2 Å². The summed E-state index contributed by atoms with van der Waals surface area (Å²) < 4.78 is 0. The largest absolute Gasteiger partial charge is 0.350 e. The maximum atomic E-state index is 13.7. The van der Waals surface area contributed by atoms with Gasteiger partial charge in [-0.25, -0.2) is 5.48 Å². The molecule has 1 atom stereocenters. The Morgan fingerprint density at radius 3 is 2.26 bits per heavy atom. The summed E-state index contributed by atoms with van der Waals surface area (Å²) in [6.07, 6.45) is 3.39. The van der Waals surface area contributed by atoms with Crippen molar-refractivity contribution in [2.24, 2.45) is 0 Å². The van der Waals surface area contributed by atoms with E-state index in [1.807, 2.05) is 84.9 Å². The van der Waals surface area contributed by atoms with Gasteiger partial charge in [0.15, 0.2) is 0 Å². The Hall–Kier alpha value is -5.01. The van der Waals surface area contributed by atoms with E-state index < -0.39 is 11.9 Å². The Bertz CT molecular complexity index is 1440. The lowest BCUT2D eigenvalue weighted by Gasteiger charge is -2.29. The number of hydrogen-bond donors (Lipinski definition) is 3. The Morgan fingerprint density at radius 2 is 1.54 bits per heavy atom. The second kappa shape index (κ2) is 13.5. The molecule has 0 radical (unpaired) electrons. The first-order chi connectivity index (χ1) is 19.1. The molecule has 7 nitrogen and oxygen atoms in total. The SMILES string of the molecule is O=CN(Cc1ccccc1-c1ccccc1)C(C(=O)NCc1ccccc1)c1cccc(C=CC(=O)NO)c1. The molecule has 0 saturated carbocycles. The summed E-state index contributed by atoms with van der Waals surface area (Å²) in [5.41, 5.74) is 6.58. The minimum Gasteiger partial charge on any atom is -0.350 e. The van der Waals surface area contributed by atoms with Crippen molar-refractivity contribution in [2.75, 3.05) is 0 Å². The monoisotopic (exact) mass is 519 g/mol. The molecular formula is C32H29N3O4. The van der Waals surface area contributed by atoms with E-state index in [0.717, 1.165) is 22.3 Å². The molecule has 7 heteroatoms. The van der Waals surface area contributed by atoms with Crippen LogP contribution in [0, 0.1) is 0 Å². The van der Waals surface area contributed by atoms with E-state index in [2.05, 4.69) is 5.32 Å². The Morgan fingerprint density at radius 1 is 0.846 bits per heavy atom. The van der Waals surface area contributed by atoms with E-state index >= 15 is 0 Å². The molecule has 3 amide bonds. The molecule has 0 aliphatic rings. The van der Waals surface area contributed by atoms with Crippen molar-refractivity contribution in [3.8, 4) is 11.1 Å². The van der Waals surface area contributed by atoms with Gasteiger partial charge < -0.3 is 10.2 Å². The summed E-state index contributed by atoms with van der Waals surface area (Å²) in [6, 6.07) is 33.3. The van der Waals surface area contributed by atoms with Crippen molar-refractivity contribution >= 4 is 24.3 Å². The van der Waals surface area contributed by atoms with E-state index in [0.29, 0.717) is 24.1 Å². The van der Waals surface area contributed by atoms with Crippen LogP contribution in [-0.4, -0.2) is 28.3 Å². The highest BCUT2D eigenvalue weighted by Gasteiger charge is 2.28. The molecular weight excluding hydrogens is 490 g/mol. The number of hydrogen-bond acceptors (Lipinski definition) is 4. The molecule has 1 unspecified atom stereocenters. The van der Waals surface area contributed by atoms with Crippen LogP contribution in [0.2, 0.25) is 0 Å². The van der Waals surface area contributed by atoms with Crippen LogP contribution in [0.3, 0.4) is 0 Å². The molecule has 0 fully saturated rings. The third kappa shape index (κ3) is 7.28. The van der Waals surface area contributed by atoms with E-state index in [4.69, 9.17) is 5.21 Å². The first kappa shape index (κ1) is 27.0. The van der Waals surface area contributed by atoms with Crippen molar-refractivity contribution in [1.29, 1.82) is 0 Å². The predicted molar refractivity (Wildman–Crippen MR) is 150 cm³/mol. The summed E-state index contributed by atoms with van der Waals surface area (Å²) in [4.78, 5) is 39.1. The van der Waals surface area contributed by atoms with E-state index in [9.17, 15) is 14.4 Å². The van der Waals surface area contributed by atoms with Gasteiger partial charge in [0.25, 0.3) is 5.91 Å². The molecule has 0 saturated heterocycles. The zero-order chi connectivity index (χ0) is 27.5. The lowest BCUT2D eigenvalue weighted by atomic mass is 9.97. The van der Waals surface area contributed by atoms with Crippen LogP contribution >= 0.6 is 0 Å². The van der Waals surface area contributed by atoms with Gasteiger partial charge in [-0.3, -0.25) is 19.6 Å². The second-order valence-corrected chi connectivity index (χ2v) is 8.89. The number of hydroxylamine groups is 1. The summed E-state index contributed by atoms with van der Waals surface area (Å²) in [7, 11) is 0. The van der Waals surface area contributed by atoms with Crippen LogP contribution in [0.4, 0.5) is 0 Å². The van der Waals surface area contributed by atoms with Crippen molar-refractivity contribution < 1.29 is 19.6 Å². The Kier molecular flexibility index (Phi) is 9.37. The van der Waals surface area contributed by atoms with Crippen molar-refractivity contribution in [3.05, 3.63) is 138 Å². The van der Waals surface area contributed by atoms with Crippen LogP contribution in [0.15, 0.2) is 115 Å². The van der Waals surface area contributed by atoms with Crippen LogP contribution in [0.25, 0.3) is 17.2 Å². The highest BCUT2D eigenvalue weighted by Crippen LogP contribution is 2.28. The molecule has 4 aromatic carbocycles. The molecule has 0 aliphatic heterocycles. The lowest BCUT2D eigenvalue weighted by Crippen LogP contribution is -2.39. The van der Waals surface area contributed by atoms with E-state index in [1.54, 1.807) is 29.7 Å². The molecule has 0 aliphatic carbocycles. The number of carbonyl (C=O) groups is 3. The first-order valence-electron chi connectivity index (χ1n) is 12.5. The molecule has 0 bridgehead atoms. The van der Waals surface area contributed by atoms with Crippen LogP contribution < -0.4 is 10.8 Å². The summed E-state index contributed by atoms with van der Waals surface area (Å²) in [5, 5.41) is 11.8. The Labute approximate surface area is 227 Å². The summed E-state index contributed by atoms with van der Waals surface area (Å²) in [5.74, 6) is -1.01. The van der Waals surface area contributed by atoms with Gasteiger partial charge in [0.05, 0.1) is 0 Å². The molecule has 0 aromatic heterocycles. The summed E-state index contributed by atoms with van der Waals surface area (Å²) in [6.45, 7) is 0.505. The fourth-order valence-corrected chi connectivity index (χ4v) is 4.36. The molecule has 0 spiro atoms. The fraction of sp³-hybridized carbons (Fsp3) is 0.0938. The normalized spacial score (nSPS) is 11.5. The molecule has 3 N–H and O–H groups in total. The van der Waals surface area contributed by atoms with Gasteiger partial charge in [-0.1, -0.05) is 103 Å². The highest BCUT2D eigenvalue weighted by molar-refractivity contribution is 5.91. The predicted octanol–water partition coefficient (Wildman–Crippen LogP) is 4.89. The average molecular weight is 520 g/mol. The van der Waals surface area contributed by atoms with Gasteiger partial charge in [0.2, 0.25) is 12.3 Å². The standard InChI is InChI=1S/C32H29N3O4/c36-23-35(22-28-15-7-8-17-29(28)26-13-5-2-6-14-26)31(32(38)33-21-25-10-3-1-4-11-25)27-16-9-12-24(20-27)18-19-30(37)34-39/h1-20,23,31,39H,21-22H2,(H,33,38)(H,34,37). The topological polar surface area (TPSA) is 98.7 Å². The van der Waals surface area contributed by atoms with Crippen LogP contribution in [0.1, 0.15) is 28.3 Å². The number of nitrogens with one attached hydrogen (secondary N) is 2. The zero-order valence-corrected chi connectivity index (χ0v) is 21.2. The van der Waals surface area contributed by atoms with Gasteiger partial charge in [0.1, 0.15) is 6.04 Å². The van der Waals surface area contributed by atoms with Gasteiger partial charge in [-0.05, 0) is 45.5 Å². The minimum atomic E-state index is -0.935. The third-order valence-electron chi connectivity index (χ3n) is 6.24. The smallest absolute Gasteiger partial charge is 0.267 e. The Balaban J connectivity index is 1.68. The maximum absolute atomic E-state index is 13.7. The lowest BCUT2D eigenvalue weighted by molar-refractivity contribution is -0.133. The zero-order valence-electron chi connectivity index (χ0n) is 21.2. The van der Waals surface area contributed by atoms with Crippen molar-refractivity contribution in [3.63, 3.8) is 0 Å². The van der Waals surface area contributed by atoms with Crippen LogP contribution in [-0.2, 0) is 27.5 Å². The molecule has 0 heterocycles. The van der Waals surface area contributed by atoms with Crippen molar-refractivity contribution in [2.45, 2.75) is 19.1 Å². The van der Waals surface area contributed by atoms with E-state index in [1.165, 1.54) is 17.1 Å². The van der Waals surface area contributed by atoms with Gasteiger partial charge >= 0.3 is 0 Å². The van der Waals surface area contributed by atoms with Gasteiger partial charge in [-0.2, -0.15) is 0 Å². The molecule has 39 heavy (non-hydrogen) atoms. The first-order valence-corrected chi connectivity index (χ1v) is 12.5. The molecule has 4 rings (SSSR count). The highest BCUT2D eigenvalue weighted by atomic mass is 16.5. The third-order valence-corrected chi connectivity index (χ3v) is 6.24. The quantitative estimate of drug-likeness (QED) is 0.114. The second-order valence-electron chi connectivity index (χ2n) is 8.89. The summed E-state index contributed by atoms with van der Waals surface area (Å²) >= 11 is 0. The van der Waals surface area contributed by atoms with Crippen LogP contribution in [0.5, 0.6) is 0 Å². The minimum absolute atomic E-state index is 0.199. The molecule has 196 valence electrons. The average Bonchev–Trinajstić information content (AvgIpc) is 3.00. The maximum Gasteiger partial charge on any atom is 0.267 e. The number of benzene rings is 4. The number of nitrogens with zero attached hydrogens (tertiary/aromatic N) is 1. The van der Waals surface area contributed by atoms with E-state index in [-0.39, 0.29) is 12.5 Å². The number of rotatable bonds is 11. The fourth-order valence-electron chi connectivity index (χ4n) is 4.36. The molecule has 4 aromatic rings. The number of amides is 3. The number of carbonyl (C=O) groups excluding carboxylic acids is 3. The van der Waals surface area contributed by atoms with Gasteiger partial charge in [-0.15, -0.1) is 0 Å². The van der Waals surface area contributed by atoms with Crippen molar-refractivity contribution in [1.82, 2.24) is 15.7 Å².